The molecular formula is C16H25N. The summed E-state index contributed by atoms with van der Waals surface area (Å²) in [5.41, 5.74) is 7.34. The van der Waals surface area contributed by atoms with Gasteiger partial charge in [0.25, 0.3) is 0 Å². The summed E-state index contributed by atoms with van der Waals surface area (Å²) >= 11 is 0. The molecule has 0 spiro atoms. The van der Waals surface area contributed by atoms with Crippen LogP contribution in [0.3, 0.4) is 0 Å². The molecule has 1 heteroatoms. The van der Waals surface area contributed by atoms with Crippen LogP contribution in [0.1, 0.15) is 44.1 Å². The predicted octanol–water partition coefficient (Wildman–Crippen LogP) is 3.77. The van der Waals surface area contributed by atoms with Crippen molar-refractivity contribution in [1.82, 2.24) is 0 Å². The van der Waals surface area contributed by atoms with Crippen LogP contribution in [-0.2, 0) is 6.42 Å². The standard InChI is InChI=1S/C16H25N/c17-13-16(11-10-14-6-4-5-7-14)12-15-8-2-1-3-9-15/h1-3,8-9,14,16H,4-7,10-13,17H2. The van der Waals surface area contributed by atoms with Gasteiger partial charge in [0.05, 0.1) is 0 Å². The largest absolute Gasteiger partial charge is 0.330 e. The maximum absolute atomic E-state index is 5.91. The summed E-state index contributed by atoms with van der Waals surface area (Å²) in [6.07, 6.45) is 9.70. The van der Waals surface area contributed by atoms with E-state index in [0.29, 0.717) is 5.92 Å². The third-order valence-corrected chi connectivity index (χ3v) is 4.16. The lowest BCUT2D eigenvalue weighted by Crippen LogP contribution is -2.17. The van der Waals surface area contributed by atoms with Gasteiger partial charge in [-0.25, -0.2) is 0 Å². The molecule has 1 aromatic rings. The second-order valence-corrected chi connectivity index (χ2v) is 5.52. The van der Waals surface area contributed by atoms with Gasteiger partial charge in [-0.1, -0.05) is 62.4 Å². The maximum atomic E-state index is 5.91. The second kappa shape index (κ2) is 6.80. The predicted molar refractivity (Wildman–Crippen MR) is 73.9 cm³/mol. The van der Waals surface area contributed by atoms with E-state index in [0.717, 1.165) is 18.9 Å². The number of hydrogen-bond acceptors (Lipinski definition) is 1. The molecule has 0 radical (unpaired) electrons. The molecule has 1 unspecified atom stereocenters. The van der Waals surface area contributed by atoms with E-state index < -0.39 is 0 Å². The van der Waals surface area contributed by atoms with Gasteiger partial charge in [-0.05, 0) is 36.8 Å². The third kappa shape index (κ3) is 4.16. The van der Waals surface area contributed by atoms with E-state index in [-0.39, 0.29) is 0 Å². The molecule has 1 fully saturated rings. The SMILES string of the molecule is NCC(CCC1CCCC1)Cc1ccccc1. The Balaban J connectivity index is 1.76. The maximum Gasteiger partial charge on any atom is -0.00457 e. The number of benzene rings is 1. The van der Waals surface area contributed by atoms with Gasteiger partial charge in [0.1, 0.15) is 0 Å². The Kier molecular flexibility index (Phi) is 5.06. The zero-order valence-electron chi connectivity index (χ0n) is 10.8. The molecule has 0 heterocycles. The van der Waals surface area contributed by atoms with E-state index in [1.54, 1.807) is 0 Å². The lowest BCUT2D eigenvalue weighted by Gasteiger charge is -2.17. The normalized spacial score (nSPS) is 18.4. The molecular weight excluding hydrogens is 206 g/mol. The quantitative estimate of drug-likeness (QED) is 0.792. The highest BCUT2D eigenvalue weighted by Crippen LogP contribution is 2.30. The van der Waals surface area contributed by atoms with E-state index in [2.05, 4.69) is 30.3 Å². The van der Waals surface area contributed by atoms with Gasteiger partial charge in [-0.2, -0.15) is 0 Å². The Morgan fingerprint density at radius 3 is 2.47 bits per heavy atom. The summed E-state index contributed by atoms with van der Waals surface area (Å²) in [6, 6.07) is 10.8. The van der Waals surface area contributed by atoms with Crippen LogP contribution in [0.2, 0.25) is 0 Å². The van der Waals surface area contributed by atoms with E-state index in [4.69, 9.17) is 5.73 Å². The Bertz CT molecular complexity index is 301. The van der Waals surface area contributed by atoms with E-state index in [1.165, 1.54) is 44.1 Å². The molecule has 0 aliphatic heterocycles. The summed E-state index contributed by atoms with van der Waals surface area (Å²) < 4.78 is 0. The zero-order valence-corrected chi connectivity index (χ0v) is 10.8. The topological polar surface area (TPSA) is 26.0 Å². The van der Waals surface area contributed by atoms with E-state index in [9.17, 15) is 0 Å². The summed E-state index contributed by atoms with van der Waals surface area (Å²) in [6.45, 7) is 0.835. The first-order valence-corrected chi connectivity index (χ1v) is 7.12. The molecule has 1 aliphatic rings. The lowest BCUT2D eigenvalue weighted by atomic mass is 9.90. The first kappa shape index (κ1) is 12.6. The Labute approximate surface area is 105 Å². The van der Waals surface area contributed by atoms with Crippen LogP contribution in [0, 0.1) is 11.8 Å². The fraction of sp³-hybridized carbons (Fsp3) is 0.625. The van der Waals surface area contributed by atoms with Crippen LogP contribution in [0.4, 0.5) is 0 Å². The minimum atomic E-state index is 0.679. The molecule has 2 N–H and O–H groups in total. The van der Waals surface area contributed by atoms with E-state index >= 15 is 0 Å². The fourth-order valence-corrected chi connectivity index (χ4v) is 3.02. The van der Waals surface area contributed by atoms with Crippen molar-refractivity contribution in [2.75, 3.05) is 6.54 Å². The van der Waals surface area contributed by atoms with Gasteiger partial charge >= 0.3 is 0 Å². The highest BCUT2D eigenvalue weighted by Gasteiger charge is 2.17. The van der Waals surface area contributed by atoms with Crippen molar-refractivity contribution < 1.29 is 0 Å². The van der Waals surface area contributed by atoms with Crippen LogP contribution < -0.4 is 5.73 Å². The van der Waals surface area contributed by atoms with Crippen molar-refractivity contribution in [2.24, 2.45) is 17.6 Å². The van der Waals surface area contributed by atoms with Gasteiger partial charge < -0.3 is 5.73 Å². The Hall–Kier alpha value is -0.820. The third-order valence-electron chi connectivity index (χ3n) is 4.16. The first-order valence-electron chi connectivity index (χ1n) is 7.12. The average molecular weight is 231 g/mol. The second-order valence-electron chi connectivity index (χ2n) is 5.52. The smallest absolute Gasteiger partial charge is 0.00457 e. The number of nitrogens with two attached hydrogens (primary N) is 1. The van der Waals surface area contributed by atoms with Crippen LogP contribution >= 0.6 is 0 Å². The molecule has 1 atom stereocenters. The van der Waals surface area contributed by atoms with Gasteiger partial charge in [-0.15, -0.1) is 0 Å². The summed E-state index contributed by atoms with van der Waals surface area (Å²) in [4.78, 5) is 0. The summed E-state index contributed by atoms with van der Waals surface area (Å²) in [5.74, 6) is 1.68. The highest BCUT2D eigenvalue weighted by molar-refractivity contribution is 5.15. The monoisotopic (exact) mass is 231 g/mol. The van der Waals surface area contributed by atoms with E-state index in [1.807, 2.05) is 0 Å². The van der Waals surface area contributed by atoms with Crippen LogP contribution in [-0.4, -0.2) is 6.54 Å². The molecule has 1 aromatic carbocycles. The molecule has 0 saturated heterocycles. The molecule has 0 aromatic heterocycles. The van der Waals surface area contributed by atoms with Crippen molar-refractivity contribution in [3.05, 3.63) is 35.9 Å². The van der Waals surface area contributed by atoms with Crippen molar-refractivity contribution in [3.63, 3.8) is 0 Å². The summed E-state index contributed by atoms with van der Waals surface area (Å²) in [7, 11) is 0. The molecule has 94 valence electrons. The molecule has 1 aliphatic carbocycles. The van der Waals surface area contributed by atoms with Gasteiger partial charge in [0.2, 0.25) is 0 Å². The highest BCUT2D eigenvalue weighted by atomic mass is 14.5. The molecule has 0 bridgehead atoms. The van der Waals surface area contributed by atoms with Gasteiger partial charge in [-0.3, -0.25) is 0 Å². The Morgan fingerprint density at radius 1 is 1.12 bits per heavy atom. The molecule has 17 heavy (non-hydrogen) atoms. The number of rotatable bonds is 6. The molecule has 0 amide bonds. The van der Waals surface area contributed by atoms with Crippen LogP contribution in [0.25, 0.3) is 0 Å². The average Bonchev–Trinajstić information content (AvgIpc) is 2.89. The minimum Gasteiger partial charge on any atom is -0.330 e. The first-order chi connectivity index (χ1) is 8.38. The molecule has 1 nitrogen and oxygen atoms in total. The molecule has 2 rings (SSSR count). The minimum absolute atomic E-state index is 0.679. The zero-order chi connectivity index (χ0) is 11.9. The molecule has 1 saturated carbocycles. The van der Waals surface area contributed by atoms with Gasteiger partial charge in [0, 0.05) is 0 Å². The fourth-order valence-electron chi connectivity index (χ4n) is 3.02. The van der Waals surface area contributed by atoms with Crippen molar-refractivity contribution in [3.8, 4) is 0 Å². The lowest BCUT2D eigenvalue weighted by molar-refractivity contribution is 0.400. The van der Waals surface area contributed by atoms with Crippen molar-refractivity contribution in [2.45, 2.75) is 44.9 Å². The van der Waals surface area contributed by atoms with Crippen LogP contribution in [0.15, 0.2) is 30.3 Å². The van der Waals surface area contributed by atoms with Crippen LogP contribution in [0.5, 0.6) is 0 Å². The Morgan fingerprint density at radius 2 is 1.82 bits per heavy atom. The van der Waals surface area contributed by atoms with Gasteiger partial charge in [0.15, 0.2) is 0 Å². The van der Waals surface area contributed by atoms with Crippen molar-refractivity contribution in [1.29, 1.82) is 0 Å². The van der Waals surface area contributed by atoms with Crippen molar-refractivity contribution >= 4 is 0 Å². The number of hydrogen-bond donors (Lipinski definition) is 1. The summed E-state index contributed by atoms with van der Waals surface area (Å²) in [5, 5.41) is 0.